The highest BCUT2D eigenvalue weighted by atomic mass is 32.2. The number of nitrogens with zero attached hydrogens (tertiary/aromatic N) is 2. The van der Waals surface area contributed by atoms with E-state index >= 15 is 0 Å². The minimum absolute atomic E-state index is 0.0143. The van der Waals surface area contributed by atoms with Gasteiger partial charge in [-0.3, -0.25) is 19.8 Å². The zero-order chi connectivity index (χ0) is 17.1. The van der Waals surface area contributed by atoms with Crippen molar-refractivity contribution in [2.24, 2.45) is 0 Å². The van der Waals surface area contributed by atoms with Crippen LogP contribution in [0.5, 0.6) is 5.75 Å². The van der Waals surface area contributed by atoms with Crippen molar-refractivity contribution in [2.75, 3.05) is 6.54 Å². The van der Waals surface area contributed by atoms with Crippen LogP contribution < -0.4 is 10.2 Å². The molecule has 0 unspecified atom stereocenters. The fourth-order valence-electron chi connectivity index (χ4n) is 1.80. The van der Waals surface area contributed by atoms with E-state index in [1.807, 2.05) is 0 Å². The van der Waals surface area contributed by atoms with Gasteiger partial charge in [0.15, 0.2) is 0 Å². The molecule has 1 aliphatic heterocycles. The van der Waals surface area contributed by atoms with Gasteiger partial charge in [0.25, 0.3) is 11.6 Å². The highest BCUT2D eigenvalue weighted by Gasteiger charge is 2.31. The summed E-state index contributed by atoms with van der Waals surface area (Å²) in [5.41, 5.74) is -0.289. The van der Waals surface area contributed by atoms with Gasteiger partial charge >= 0.3 is 0 Å². The van der Waals surface area contributed by atoms with Crippen LogP contribution in [-0.4, -0.2) is 32.6 Å². The van der Waals surface area contributed by atoms with E-state index in [0.29, 0.717) is 0 Å². The first kappa shape index (κ1) is 16.9. The maximum Gasteiger partial charge on any atom is 0.269 e. The van der Waals surface area contributed by atoms with Crippen LogP contribution in [0.4, 0.5) is 5.69 Å². The molecule has 1 saturated heterocycles. The molecule has 0 radical (unpaired) electrons. The number of hydrogen-bond donors (Lipinski definition) is 0. The molecule has 1 fully saturated rings. The van der Waals surface area contributed by atoms with Gasteiger partial charge in [-0.15, -0.1) is 5.75 Å². The fourth-order valence-corrected chi connectivity index (χ4v) is 3.10. The van der Waals surface area contributed by atoms with E-state index in [0.717, 1.165) is 34.9 Å². The van der Waals surface area contributed by atoms with E-state index in [9.17, 15) is 29.9 Å². The van der Waals surface area contributed by atoms with Crippen molar-refractivity contribution in [1.29, 1.82) is 0 Å². The summed E-state index contributed by atoms with van der Waals surface area (Å²) in [6.07, 6.45) is 0.844. The van der Waals surface area contributed by atoms with Gasteiger partial charge in [-0.25, -0.2) is 0 Å². The van der Waals surface area contributed by atoms with Crippen molar-refractivity contribution in [3.05, 3.63) is 38.8 Å². The zero-order valence-electron chi connectivity index (χ0n) is 11.4. The first-order valence-corrected chi connectivity index (χ1v) is 7.42. The summed E-state index contributed by atoms with van der Waals surface area (Å²) in [4.78, 5) is 33.9. The number of nitro groups is 1. The normalized spacial score (nSPS) is 16.2. The Kier molecular flexibility index (Phi) is 4.96. The first-order chi connectivity index (χ1) is 10.8. The Hall–Kier alpha value is -2.46. The highest BCUT2D eigenvalue weighted by Crippen LogP contribution is 2.34. The number of nitro benzene ring substituents is 1. The molecule has 1 amide bonds. The molecule has 0 bridgehead atoms. The van der Waals surface area contributed by atoms with Gasteiger partial charge < -0.3 is 15.0 Å². The minimum Gasteiger partial charge on any atom is -0.872 e. The lowest BCUT2D eigenvalue weighted by molar-refractivity contribution is -0.385. The van der Waals surface area contributed by atoms with Gasteiger partial charge in [0.05, 0.1) is 9.83 Å². The second-order valence-corrected chi connectivity index (χ2v) is 6.11. The molecule has 1 aromatic rings. The van der Waals surface area contributed by atoms with Crippen LogP contribution in [0.3, 0.4) is 0 Å². The Morgan fingerprint density at radius 1 is 1.43 bits per heavy atom. The van der Waals surface area contributed by atoms with Gasteiger partial charge in [-0.05, 0) is 11.6 Å². The third kappa shape index (κ3) is 3.85. The molecule has 1 aromatic carbocycles. The topological polar surface area (TPSA) is 127 Å². The summed E-state index contributed by atoms with van der Waals surface area (Å²) >= 11 is 5.89. The van der Waals surface area contributed by atoms with Crippen LogP contribution in [0.1, 0.15) is 12.0 Å². The van der Waals surface area contributed by atoms with Crippen molar-refractivity contribution >= 4 is 51.9 Å². The minimum atomic E-state index is -1.32. The average molecular weight is 352 g/mol. The third-order valence-corrected chi connectivity index (χ3v) is 4.28. The maximum atomic E-state index is 12.2. The molecule has 0 spiro atoms. The van der Waals surface area contributed by atoms with Gasteiger partial charge in [0.1, 0.15) is 4.32 Å². The van der Waals surface area contributed by atoms with Crippen LogP contribution in [0.2, 0.25) is 0 Å². The van der Waals surface area contributed by atoms with Crippen LogP contribution in [0.25, 0.3) is 6.08 Å². The monoisotopic (exact) mass is 352 g/mol. The number of carboxylic acids is 1. The number of thiocarbonyl (C=S) groups is 1. The predicted octanol–water partition coefficient (Wildman–Crippen LogP) is 0.00960. The van der Waals surface area contributed by atoms with Crippen LogP contribution in [0, 0.1) is 10.1 Å². The number of carboxylic acid groups (broad SMARTS) is 1. The van der Waals surface area contributed by atoms with E-state index in [2.05, 4.69) is 0 Å². The van der Waals surface area contributed by atoms with Crippen LogP contribution >= 0.6 is 24.0 Å². The van der Waals surface area contributed by atoms with Gasteiger partial charge in [-0.2, -0.15) is 0 Å². The number of aliphatic carboxylic acids is 1. The van der Waals surface area contributed by atoms with Crippen molar-refractivity contribution in [1.82, 2.24) is 4.90 Å². The standard InChI is InChI=1S/C13H10N2O6S2/c16-9-2-1-8(15(20)21)5-7(9)6-10-12(19)14(13(22)23-10)4-3-11(17)18/h1-2,5-6,16H,3-4H2,(H,17,18)/p-2/b10-6-. The summed E-state index contributed by atoms with van der Waals surface area (Å²) in [6.45, 7) is -0.135. The quantitative estimate of drug-likeness (QED) is 0.314. The van der Waals surface area contributed by atoms with Crippen molar-refractivity contribution < 1.29 is 24.7 Å². The molecule has 0 aromatic heterocycles. The summed E-state index contributed by atoms with van der Waals surface area (Å²) in [7, 11) is 0. The molecular formula is C13H8N2O6S2-2. The Balaban J connectivity index is 2.28. The molecule has 0 aliphatic carbocycles. The number of benzene rings is 1. The van der Waals surface area contributed by atoms with E-state index < -0.39 is 22.5 Å². The molecule has 2 rings (SSSR count). The SMILES string of the molecule is O=C([O-])CCN1C(=O)/C(=C/c2cc([N+](=O)[O-])ccc2[O-])SC1=S. The van der Waals surface area contributed by atoms with E-state index in [-0.39, 0.29) is 33.4 Å². The number of hydrogen-bond acceptors (Lipinski definition) is 8. The molecule has 0 N–H and O–H groups in total. The summed E-state index contributed by atoms with van der Waals surface area (Å²) in [5.74, 6) is -2.34. The van der Waals surface area contributed by atoms with Gasteiger partial charge in [0, 0.05) is 31.1 Å². The Bertz CT molecular complexity index is 746. The maximum absolute atomic E-state index is 12.2. The first-order valence-electron chi connectivity index (χ1n) is 6.20. The van der Waals surface area contributed by atoms with Crippen LogP contribution in [-0.2, 0) is 9.59 Å². The van der Waals surface area contributed by atoms with Gasteiger partial charge in [0.2, 0.25) is 0 Å². The van der Waals surface area contributed by atoms with Crippen molar-refractivity contribution in [3.63, 3.8) is 0 Å². The molecular weight excluding hydrogens is 344 g/mol. The Morgan fingerprint density at radius 2 is 2.13 bits per heavy atom. The van der Waals surface area contributed by atoms with Crippen molar-refractivity contribution in [2.45, 2.75) is 6.42 Å². The second-order valence-electron chi connectivity index (χ2n) is 4.43. The molecule has 1 heterocycles. The van der Waals surface area contributed by atoms with E-state index in [4.69, 9.17) is 12.2 Å². The molecule has 0 atom stereocenters. The number of carbonyl (C=O) groups is 2. The number of rotatable bonds is 5. The lowest BCUT2D eigenvalue weighted by Crippen LogP contribution is -2.33. The molecule has 1 aliphatic rings. The molecule has 0 saturated carbocycles. The van der Waals surface area contributed by atoms with Crippen molar-refractivity contribution in [3.8, 4) is 5.75 Å². The second kappa shape index (κ2) is 6.75. The zero-order valence-corrected chi connectivity index (χ0v) is 13.0. The van der Waals surface area contributed by atoms with E-state index in [1.54, 1.807) is 0 Å². The molecule has 10 heteroatoms. The van der Waals surface area contributed by atoms with Crippen LogP contribution in [0.15, 0.2) is 23.1 Å². The predicted molar refractivity (Wildman–Crippen MR) is 82.0 cm³/mol. The highest BCUT2D eigenvalue weighted by molar-refractivity contribution is 8.26. The largest absolute Gasteiger partial charge is 0.872 e. The lowest BCUT2D eigenvalue weighted by atomic mass is 10.1. The average Bonchev–Trinajstić information content (AvgIpc) is 2.73. The summed E-state index contributed by atoms with van der Waals surface area (Å²) in [6, 6.07) is 3.18. The number of thioether (sulfide) groups is 1. The number of carbonyl (C=O) groups excluding carboxylic acids is 2. The summed E-state index contributed by atoms with van der Waals surface area (Å²) in [5, 5.41) is 33.0. The smallest absolute Gasteiger partial charge is 0.269 e. The number of non-ortho nitro benzene ring substituents is 1. The Morgan fingerprint density at radius 3 is 2.74 bits per heavy atom. The lowest BCUT2D eigenvalue weighted by Gasteiger charge is -2.14. The number of amides is 1. The van der Waals surface area contributed by atoms with Gasteiger partial charge in [-0.1, -0.05) is 30.0 Å². The molecule has 120 valence electrons. The third-order valence-electron chi connectivity index (χ3n) is 2.90. The molecule has 23 heavy (non-hydrogen) atoms. The summed E-state index contributed by atoms with van der Waals surface area (Å²) < 4.78 is 0.153. The Labute approximate surface area is 139 Å². The van der Waals surface area contributed by atoms with E-state index in [1.165, 1.54) is 6.08 Å². The fraction of sp³-hybridized carbons (Fsp3) is 0.154. The molecule has 8 nitrogen and oxygen atoms in total.